The molecule has 0 spiro atoms. The lowest BCUT2D eigenvalue weighted by molar-refractivity contribution is -0.115. The van der Waals surface area contributed by atoms with Gasteiger partial charge in [0.15, 0.2) is 0 Å². The molecule has 1 amide bonds. The first kappa shape index (κ1) is 15.5. The van der Waals surface area contributed by atoms with Crippen molar-refractivity contribution in [3.05, 3.63) is 40.8 Å². The molecule has 2 aromatic rings. The van der Waals surface area contributed by atoms with Gasteiger partial charge < -0.3 is 10.1 Å². The summed E-state index contributed by atoms with van der Waals surface area (Å²) >= 11 is 1.59. The average molecular weight is 305 g/mol. The van der Waals surface area contributed by atoms with E-state index in [0.717, 1.165) is 11.4 Å². The Bertz CT molecular complexity index is 572. The molecule has 1 aromatic carbocycles. The molecule has 0 saturated heterocycles. The summed E-state index contributed by atoms with van der Waals surface area (Å²) in [7, 11) is 1.58. The quantitative estimate of drug-likeness (QED) is 0.825. The van der Waals surface area contributed by atoms with Crippen molar-refractivity contribution in [1.82, 2.24) is 10.3 Å². The lowest BCUT2D eigenvalue weighted by atomic mass is 10.2. The summed E-state index contributed by atoms with van der Waals surface area (Å²) < 4.78 is 5.21. The summed E-state index contributed by atoms with van der Waals surface area (Å²) in [6.07, 6.45) is 2.66. The number of nitrogens with one attached hydrogen (secondary N) is 2. The zero-order chi connectivity index (χ0) is 15.1. The van der Waals surface area contributed by atoms with Crippen LogP contribution in [0.4, 0.5) is 5.69 Å². The third kappa shape index (κ3) is 4.27. The predicted octanol–water partition coefficient (Wildman–Crippen LogP) is 2.83. The maximum atomic E-state index is 12.0. The van der Waals surface area contributed by atoms with E-state index < -0.39 is 0 Å². The number of carbonyl (C=O) groups excluding carboxylic acids is 1. The highest BCUT2D eigenvalue weighted by atomic mass is 32.1. The topological polar surface area (TPSA) is 63.2 Å². The first-order valence-corrected chi connectivity index (χ1v) is 7.68. The zero-order valence-electron chi connectivity index (χ0n) is 12.1. The second kappa shape index (κ2) is 7.75. The molecule has 1 unspecified atom stereocenters. The highest BCUT2D eigenvalue weighted by molar-refractivity contribution is 7.09. The van der Waals surface area contributed by atoms with Gasteiger partial charge in [-0.15, -0.1) is 11.3 Å². The van der Waals surface area contributed by atoms with Crippen LogP contribution >= 0.6 is 11.3 Å². The van der Waals surface area contributed by atoms with Crippen LogP contribution in [0.2, 0.25) is 0 Å². The van der Waals surface area contributed by atoms with E-state index in [9.17, 15) is 4.79 Å². The van der Waals surface area contributed by atoms with E-state index in [4.69, 9.17) is 4.74 Å². The first-order valence-electron chi connectivity index (χ1n) is 6.80. The Morgan fingerprint density at radius 2 is 2.24 bits per heavy atom. The molecule has 1 atom stereocenters. The van der Waals surface area contributed by atoms with Gasteiger partial charge in [0.2, 0.25) is 5.91 Å². The van der Waals surface area contributed by atoms with Gasteiger partial charge in [0.05, 0.1) is 25.4 Å². The number of nitrogens with zero attached hydrogens (tertiary/aromatic N) is 1. The molecule has 0 radical (unpaired) electrons. The largest absolute Gasteiger partial charge is 0.495 e. The normalized spacial score (nSPS) is 11.9. The van der Waals surface area contributed by atoms with Crippen LogP contribution in [-0.4, -0.2) is 24.5 Å². The SMILES string of the molecule is CCC(NCC(=O)Nc1ccccc1OC)c1nccs1. The molecule has 0 aliphatic rings. The molecule has 2 rings (SSSR count). The fourth-order valence-electron chi connectivity index (χ4n) is 1.97. The molecule has 112 valence electrons. The number of anilines is 1. The van der Waals surface area contributed by atoms with Crippen LogP contribution in [0.1, 0.15) is 24.4 Å². The third-order valence-electron chi connectivity index (χ3n) is 3.05. The molecule has 5 nitrogen and oxygen atoms in total. The summed E-state index contributed by atoms with van der Waals surface area (Å²) in [5, 5.41) is 9.01. The lowest BCUT2D eigenvalue weighted by Gasteiger charge is -2.15. The number of ether oxygens (including phenoxy) is 1. The summed E-state index contributed by atoms with van der Waals surface area (Å²) in [6, 6.07) is 7.45. The molecule has 1 heterocycles. The number of benzene rings is 1. The van der Waals surface area contributed by atoms with Gasteiger partial charge in [-0.05, 0) is 18.6 Å². The molecule has 21 heavy (non-hydrogen) atoms. The number of methoxy groups -OCH3 is 1. The monoisotopic (exact) mass is 305 g/mol. The van der Waals surface area contributed by atoms with Gasteiger partial charge >= 0.3 is 0 Å². The fourth-order valence-corrected chi connectivity index (χ4v) is 2.77. The number of carbonyl (C=O) groups is 1. The van der Waals surface area contributed by atoms with Gasteiger partial charge in [0.1, 0.15) is 10.8 Å². The molecule has 1 aromatic heterocycles. The van der Waals surface area contributed by atoms with Crippen molar-refractivity contribution >= 4 is 22.9 Å². The smallest absolute Gasteiger partial charge is 0.238 e. The van der Waals surface area contributed by atoms with Crippen LogP contribution in [0, 0.1) is 0 Å². The van der Waals surface area contributed by atoms with Crippen molar-refractivity contribution in [3.63, 3.8) is 0 Å². The number of hydrogen-bond donors (Lipinski definition) is 2. The first-order chi connectivity index (χ1) is 10.2. The van der Waals surface area contributed by atoms with E-state index in [0.29, 0.717) is 11.4 Å². The molecule has 0 bridgehead atoms. The number of amides is 1. The maximum Gasteiger partial charge on any atom is 0.238 e. The molecule has 0 saturated carbocycles. The van der Waals surface area contributed by atoms with E-state index in [2.05, 4.69) is 22.5 Å². The van der Waals surface area contributed by atoms with Crippen LogP contribution < -0.4 is 15.4 Å². The third-order valence-corrected chi connectivity index (χ3v) is 3.94. The molecule has 0 aliphatic carbocycles. The van der Waals surface area contributed by atoms with E-state index >= 15 is 0 Å². The van der Waals surface area contributed by atoms with E-state index in [-0.39, 0.29) is 18.5 Å². The fraction of sp³-hybridized carbons (Fsp3) is 0.333. The van der Waals surface area contributed by atoms with E-state index in [1.807, 2.05) is 29.6 Å². The summed E-state index contributed by atoms with van der Waals surface area (Å²) in [4.78, 5) is 16.3. The highest BCUT2D eigenvalue weighted by Gasteiger charge is 2.13. The highest BCUT2D eigenvalue weighted by Crippen LogP contribution is 2.23. The second-order valence-corrected chi connectivity index (χ2v) is 5.39. The molecule has 6 heteroatoms. The molecule has 0 fully saturated rings. The van der Waals surface area contributed by atoms with Crippen molar-refractivity contribution in [1.29, 1.82) is 0 Å². The minimum atomic E-state index is -0.102. The Hall–Kier alpha value is -1.92. The van der Waals surface area contributed by atoms with Gasteiger partial charge in [-0.3, -0.25) is 10.1 Å². The van der Waals surface area contributed by atoms with Crippen LogP contribution in [-0.2, 0) is 4.79 Å². The Morgan fingerprint density at radius 3 is 2.90 bits per heavy atom. The van der Waals surface area contributed by atoms with Crippen molar-refractivity contribution < 1.29 is 9.53 Å². The molecular formula is C15H19N3O2S. The zero-order valence-corrected chi connectivity index (χ0v) is 12.9. The summed E-state index contributed by atoms with van der Waals surface area (Å²) in [5.74, 6) is 0.548. The Balaban J connectivity index is 1.90. The van der Waals surface area contributed by atoms with Crippen molar-refractivity contribution in [2.75, 3.05) is 19.0 Å². The molecule has 2 N–H and O–H groups in total. The van der Waals surface area contributed by atoms with E-state index in [1.54, 1.807) is 24.6 Å². The number of hydrogen-bond acceptors (Lipinski definition) is 5. The van der Waals surface area contributed by atoms with Gasteiger partial charge in [-0.2, -0.15) is 0 Å². The predicted molar refractivity (Wildman–Crippen MR) is 84.8 cm³/mol. The Labute approximate surface area is 128 Å². The Kier molecular flexibility index (Phi) is 5.71. The lowest BCUT2D eigenvalue weighted by Crippen LogP contribution is -2.31. The van der Waals surface area contributed by atoms with Crippen LogP contribution in [0.15, 0.2) is 35.8 Å². The maximum absolute atomic E-state index is 12.0. The van der Waals surface area contributed by atoms with Gasteiger partial charge in [-0.1, -0.05) is 19.1 Å². The summed E-state index contributed by atoms with van der Waals surface area (Å²) in [6.45, 7) is 2.30. The van der Waals surface area contributed by atoms with E-state index in [1.165, 1.54) is 0 Å². The van der Waals surface area contributed by atoms with Crippen LogP contribution in [0.5, 0.6) is 5.75 Å². The molecular weight excluding hydrogens is 286 g/mol. The Morgan fingerprint density at radius 1 is 1.43 bits per heavy atom. The summed E-state index contributed by atoms with van der Waals surface area (Å²) in [5.41, 5.74) is 0.675. The van der Waals surface area contributed by atoms with Gasteiger partial charge in [0.25, 0.3) is 0 Å². The van der Waals surface area contributed by atoms with Crippen LogP contribution in [0.3, 0.4) is 0 Å². The van der Waals surface area contributed by atoms with Gasteiger partial charge in [0, 0.05) is 11.6 Å². The number of thiazole rings is 1. The van der Waals surface area contributed by atoms with Crippen molar-refractivity contribution in [2.45, 2.75) is 19.4 Å². The standard InChI is InChI=1S/C15H19N3O2S/c1-3-11(15-16-8-9-21-15)17-10-14(19)18-12-6-4-5-7-13(12)20-2/h4-9,11,17H,3,10H2,1-2H3,(H,18,19). The number of para-hydroxylation sites is 2. The van der Waals surface area contributed by atoms with Crippen LogP contribution in [0.25, 0.3) is 0 Å². The molecule has 0 aliphatic heterocycles. The van der Waals surface area contributed by atoms with Gasteiger partial charge in [-0.25, -0.2) is 4.98 Å². The minimum absolute atomic E-state index is 0.102. The second-order valence-electron chi connectivity index (χ2n) is 4.46. The van der Waals surface area contributed by atoms with Crippen molar-refractivity contribution in [3.8, 4) is 5.75 Å². The average Bonchev–Trinajstić information content (AvgIpc) is 3.03. The number of rotatable bonds is 7. The number of aromatic nitrogens is 1. The minimum Gasteiger partial charge on any atom is -0.495 e. The van der Waals surface area contributed by atoms with Crippen molar-refractivity contribution in [2.24, 2.45) is 0 Å².